The summed E-state index contributed by atoms with van der Waals surface area (Å²) in [5.41, 5.74) is 9.18. The molecule has 0 saturated carbocycles. The van der Waals surface area contributed by atoms with Gasteiger partial charge in [0.05, 0.1) is 28.8 Å². The zero-order chi connectivity index (χ0) is 22.1. The molecule has 3 N–H and O–H groups in total. The molecule has 1 aliphatic rings. The average molecular weight is 421 g/mol. The van der Waals surface area contributed by atoms with Gasteiger partial charge in [-0.15, -0.1) is 0 Å². The number of pyridine rings is 1. The van der Waals surface area contributed by atoms with Crippen LogP contribution >= 0.6 is 0 Å². The van der Waals surface area contributed by atoms with E-state index in [-0.39, 0.29) is 11.9 Å². The minimum Gasteiger partial charge on any atom is -0.370 e. The number of primary amides is 1. The zero-order valence-corrected chi connectivity index (χ0v) is 18.2. The fourth-order valence-corrected chi connectivity index (χ4v) is 4.06. The van der Waals surface area contributed by atoms with Crippen molar-refractivity contribution >= 4 is 34.2 Å². The highest BCUT2D eigenvalue weighted by atomic mass is 16.2. The molecule has 1 saturated heterocycles. The first-order chi connectivity index (χ1) is 14.8. The lowest BCUT2D eigenvalue weighted by atomic mass is 10.1. The van der Waals surface area contributed by atoms with Crippen LogP contribution in [0.3, 0.4) is 0 Å². The number of nitrogens with two attached hydrogens (primary N) is 1. The van der Waals surface area contributed by atoms with Crippen molar-refractivity contribution in [2.24, 2.45) is 5.73 Å². The number of carbonyl (C=O) groups excluding carboxylic acids is 2. The van der Waals surface area contributed by atoms with Gasteiger partial charge >= 0.3 is 0 Å². The summed E-state index contributed by atoms with van der Waals surface area (Å²) in [4.78, 5) is 31.8. The third-order valence-corrected chi connectivity index (χ3v) is 5.72. The van der Waals surface area contributed by atoms with Crippen LogP contribution in [0.15, 0.2) is 30.5 Å². The van der Waals surface area contributed by atoms with E-state index in [4.69, 9.17) is 5.73 Å². The normalized spacial score (nSPS) is 14.3. The van der Waals surface area contributed by atoms with Gasteiger partial charge in [-0.25, -0.2) is 9.67 Å². The van der Waals surface area contributed by atoms with E-state index in [1.807, 2.05) is 37.6 Å². The van der Waals surface area contributed by atoms with E-state index in [0.29, 0.717) is 22.5 Å². The lowest BCUT2D eigenvalue weighted by molar-refractivity contribution is 0.0996. The molecule has 8 heteroatoms. The molecule has 0 spiro atoms. The summed E-state index contributed by atoms with van der Waals surface area (Å²) in [7, 11) is 0. The van der Waals surface area contributed by atoms with Crippen LogP contribution in [-0.4, -0.2) is 39.7 Å². The molecule has 0 atom stereocenters. The number of rotatable bonds is 5. The lowest BCUT2D eigenvalue weighted by Crippen LogP contribution is -2.30. The number of nitrogens with one attached hydrogen (secondary N) is 1. The monoisotopic (exact) mass is 420 g/mol. The third-order valence-electron chi connectivity index (χ3n) is 5.72. The van der Waals surface area contributed by atoms with E-state index < -0.39 is 5.91 Å². The van der Waals surface area contributed by atoms with Crippen molar-refractivity contribution < 1.29 is 9.59 Å². The van der Waals surface area contributed by atoms with Gasteiger partial charge in [0.1, 0.15) is 0 Å². The SMILES string of the molecule is Cc1nc2c(cnn2C(C)C)cc1C(=O)Nc1cc(C(N)=O)ccc1N1CCCCC1. The fourth-order valence-electron chi connectivity index (χ4n) is 4.06. The van der Waals surface area contributed by atoms with E-state index in [1.54, 1.807) is 18.3 Å². The van der Waals surface area contributed by atoms with Crippen LogP contribution in [0.5, 0.6) is 0 Å². The molecular formula is C23H28N6O2. The largest absolute Gasteiger partial charge is 0.370 e. The van der Waals surface area contributed by atoms with Gasteiger partial charge in [0.2, 0.25) is 5.91 Å². The predicted octanol–water partition coefficient (Wildman–Crippen LogP) is 3.66. The number of anilines is 2. The Labute approximate surface area is 181 Å². The van der Waals surface area contributed by atoms with E-state index in [0.717, 1.165) is 42.7 Å². The average Bonchev–Trinajstić information content (AvgIpc) is 3.16. The summed E-state index contributed by atoms with van der Waals surface area (Å²) >= 11 is 0. The summed E-state index contributed by atoms with van der Waals surface area (Å²) < 4.78 is 1.84. The van der Waals surface area contributed by atoms with Gasteiger partial charge in [0, 0.05) is 30.1 Å². The summed E-state index contributed by atoms with van der Waals surface area (Å²) in [6, 6.07) is 7.22. The van der Waals surface area contributed by atoms with Crippen LogP contribution in [0.1, 0.15) is 65.6 Å². The molecule has 4 rings (SSSR count). The van der Waals surface area contributed by atoms with Crippen molar-refractivity contribution in [1.29, 1.82) is 0 Å². The van der Waals surface area contributed by atoms with Gasteiger partial charge in [-0.2, -0.15) is 5.10 Å². The zero-order valence-electron chi connectivity index (χ0n) is 18.2. The summed E-state index contributed by atoms with van der Waals surface area (Å²) in [5, 5.41) is 8.20. The number of amides is 2. The van der Waals surface area contributed by atoms with Crippen molar-refractivity contribution in [1.82, 2.24) is 14.8 Å². The molecule has 1 aliphatic heterocycles. The maximum Gasteiger partial charge on any atom is 0.257 e. The molecule has 0 bridgehead atoms. The molecule has 162 valence electrons. The minimum atomic E-state index is -0.527. The van der Waals surface area contributed by atoms with Gasteiger partial charge in [-0.05, 0) is 64.3 Å². The van der Waals surface area contributed by atoms with Crippen molar-refractivity contribution in [3.63, 3.8) is 0 Å². The Bertz CT molecular complexity index is 1140. The summed E-state index contributed by atoms with van der Waals surface area (Å²) in [5.74, 6) is -0.801. The van der Waals surface area contributed by atoms with Gasteiger partial charge in [0.25, 0.3) is 5.91 Å². The molecule has 3 aromatic rings. The highest BCUT2D eigenvalue weighted by Crippen LogP contribution is 2.30. The van der Waals surface area contributed by atoms with Crippen molar-refractivity contribution in [2.45, 2.75) is 46.1 Å². The smallest absolute Gasteiger partial charge is 0.257 e. The number of fused-ring (bicyclic) bond motifs is 1. The quantitative estimate of drug-likeness (QED) is 0.655. The standard InChI is InChI=1S/C23H28N6O2/c1-14(2)29-22-17(13-25-29)11-18(15(3)26-22)23(31)27-19-12-16(21(24)30)7-8-20(19)28-9-5-4-6-10-28/h7-8,11-14H,4-6,9-10H2,1-3H3,(H2,24,30)(H,27,31). The first kappa shape index (κ1) is 20.8. The number of hydrogen-bond acceptors (Lipinski definition) is 5. The Morgan fingerprint density at radius 1 is 1.13 bits per heavy atom. The molecule has 0 radical (unpaired) electrons. The summed E-state index contributed by atoms with van der Waals surface area (Å²) in [6.45, 7) is 7.73. The second-order valence-electron chi connectivity index (χ2n) is 8.32. The van der Waals surface area contributed by atoms with E-state index >= 15 is 0 Å². The Morgan fingerprint density at radius 3 is 2.55 bits per heavy atom. The molecule has 31 heavy (non-hydrogen) atoms. The van der Waals surface area contributed by atoms with Gasteiger partial charge in [0.15, 0.2) is 5.65 Å². The van der Waals surface area contributed by atoms with Crippen LogP contribution in [0.4, 0.5) is 11.4 Å². The van der Waals surface area contributed by atoms with Crippen LogP contribution in [0.25, 0.3) is 11.0 Å². The molecular weight excluding hydrogens is 392 g/mol. The molecule has 1 fully saturated rings. The number of hydrogen-bond donors (Lipinski definition) is 2. The number of piperidine rings is 1. The van der Waals surface area contributed by atoms with E-state index in [1.165, 1.54) is 6.42 Å². The van der Waals surface area contributed by atoms with Gasteiger partial charge < -0.3 is 16.0 Å². The van der Waals surface area contributed by atoms with E-state index in [2.05, 4.69) is 20.3 Å². The predicted molar refractivity (Wildman–Crippen MR) is 122 cm³/mol. The Kier molecular flexibility index (Phi) is 5.63. The molecule has 0 aliphatic carbocycles. The second kappa shape index (κ2) is 8.37. The second-order valence-corrected chi connectivity index (χ2v) is 8.32. The number of carbonyl (C=O) groups is 2. The van der Waals surface area contributed by atoms with Crippen molar-refractivity contribution in [3.8, 4) is 0 Å². The maximum absolute atomic E-state index is 13.2. The summed E-state index contributed by atoms with van der Waals surface area (Å²) in [6.07, 6.45) is 5.13. The van der Waals surface area contributed by atoms with Crippen molar-refractivity contribution in [2.75, 3.05) is 23.3 Å². The highest BCUT2D eigenvalue weighted by Gasteiger charge is 2.20. The van der Waals surface area contributed by atoms with Crippen LogP contribution in [-0.2, 0) is 0 Å². The molecule has 1 aromatic carbocycles. The Hall–Kier alpha value is -3.42. The van der Waals surface area contributed by atoms with Gasteiger partial charge in [-0.1, -0.05) is 0 Å². The highest BCUT2D eigenvalue weighted by molar-refractivity contribution is 6.09. The van der Waals surface area contributed by atoms with Crippen LogP contribution in [0, 0.1) is 6.92 Å². The molecule has 8 nitrogen and oxygen atoms in total. The van der Waals surface area contributed by atoms with Crippen molar-refractivity contribution in [3.05, 3.63) is 47.3 Å². The number of aryl methyl sites for hydroxylation is 1. The van der Waals surface area contributed by atoms with E-state index in [9.17, 15) is 9.59 Å². The Balaban J connectivity index is 1.69. The lowest BCUT2D eigenvalue weighted by Gasteiger charge is -2.30. The maximum atomic E-state index is 13.2. The number of aromatic nitrogens is 3. The van der Waals surface area contributed by atoms with Gasteiger partial charge in [-0.3, -0.25) is 9.59 Å². The topological polar surface area (TPSA) is 106 Å². The first-order valence-electron chi connectivity index (χ1n) is 10.7. The first-order valence-corrected chi connectivity index (χ1v) is 10.7. The number of nitrogens with zero attached hydrogens (tertiary/aromatic N) is 4. The third kappa shape index (κ3) is 4.10. The molecule has 3 heterocycles. The molecule has 2 amide bonds. The fraction of sp³-hybridized carbons (Fsp3) is 0.391. The minimum absolute atomic E-state index is 0.174. The number of benzene rings is 1. The van der Waals surface area contributed by atoms with Crippen LogP contribution in [0.2, 0.25) is 0 Å². The molecule has 2 aromatic heterocycles. The molecule has 0 unspecified atom stereocenters. The Morgan fingerprint density at radius 2 is 1.87 bits per heavy atom. The van der Waals surface area contributed by atoms with Crippen LogP contribution < -0.4 is 16.0 Å².